The topological polar surface area (TPSA) is 75.7 Å². The summed E-state index contributed by atoms with van der Waals surface area (Å²) in [6.45, 7) is 4.48. The summed E-state index contributed by atoms with van der Waals surface area (Å²) in [5, 5.41) is 1.94. The molecule has 0 saturated heterocycles. The van der Waals surface area contributed by atoms with Crippen LogP contribution in [0, 0.1) is 0 Å². The van der Waals surface area contributed by atoms with Crippen LogP contribution in [-0.2, 0) is 16.6 Å². The summed E-state index contributed by atoms with van der Waals surface area (Å²) in [6, 6.07) is 8.23. The molecule has 8 heteroatoms. The highest BCUT2D eigenvalue weighted by Gasteiger charge is 2.22. The van der Waals surface area contributed by atoms with Gasteiger partial charge < -0.3 is 9.64 Å². The molecule has 0 saturated carbocycles. The minimum absolute atomic E-state index is 0.0713. The van der Waals surface area contributed by atoms with Crippen molar-refractivity contribution in [1.82, 2.24) is 9.62 Å². The van der Waals surface area contributed by atoms with Crippen molar-refractivity contribution >= 4 is 27.3 Å². The first-order valence-electron chi connectivity index (χ1n) is 7.47. The van der Waals surface area contributed by atoms with Crippen LogP contribution in [0.25, 0.3) is 0 Å². The van der Waals surface area contributed by atoms with Gasteiger partial charge in [0.05, 0.1) is 13.7 Å². The number of nitrogens with zero attached hydrogens (tertiary/aromatic N) is 1. The molecule has 1 N–H and O–H groups in total. The van der Waals surface area contributed by atoms with E-state index < -0.39 is 10.0 Å². The Bertz CT molecular complexity index is 846. The molecular weight excluding hydrogens is 360 g/mol. The lowest BCUT2D eigenvalue weighted by Gasteiger charge is -2.21. The van der Waals surface area contributed by atoms with Crippen LogP contribution in [0.2, 0.25) is 0 Å². The lowest BCUT2D eigenvalue weighted by atomic mass is 10.2. The molecule has 25 heavy (non-hydrogen) atoms. The van der Waals surface area contributed by atoms with Gasteiger partial charge in [0.25, 0.3) is 5.91 Å². The van der Waals surface area contributed by atoms with E-state index >= 15 is 0 Å². The second kappa shape index (κ2) is 8.28. The van der Waals surface area contributed by atoms with Gasteiger partial charge in [-0.25, -0.2) is 13.1 Å². The fraction of sp³-hybridized carbons (Fsp3) is 0.235. The van der Waals surface area contributed by atoms with E-state index in [2.05, 4.69) is 11.3 Å². The van der Waals surface area contributed by atoms with E-state index in [1.807, 2.05) is 17.5 Å². The molecule has 6 nitrogen and oxygen atoms in total. The number of sulfonamides is 1. The first-order valence-corrected chi connectivity index (χ1v) is 9.83. The Morgan fingerprint density at radius 2 is 2.16 bits per heavy atom. The Labute approximate surface area is 151 Å². The van der Waals surface area contributed by atoms with Crippen LogP contribution < -0.4 is 9.46 Å². The summed E-state index contributed by atoms with van der Waals surface area (Å²) in [4.78, 5) is 15.4. The highest BCUT2D eigenvalue weighted by atomic mass is 32.2. The highest BCUT2D eigenvalue weighted by molar-refractivity contribution is 7.89. The molecule has 0 aliphatic heterocycles. The number of benzene rings is 1. The minimum Gasteiger partial charge on any atom is -0.495 e. The molecule has 1 amide bonds. The van der Waals surface area contributed by atoms with Crippen molar-refractivity contribution in [2.45, 2.75) is 11.4 Å². The van der Waals surface area contributed by atoms with Gasteiger partial charge in [-0.2, -0.15) is 0 Å². The molecule has 0 spiro atoms. The third kappa shape index (κ3) is 4.47. The quantitative estimate of drug-likeness (QED) is 0.714. The predicted molar refractivity (Wildman–Crippen MR) is 98.5 cm³/mol. The van der Waals surface area contributed by atoms with Crippen LogP contribution >= 0.6 is 11.3 Å². The van der Waals surface area contributed by atoms with Gasteiger partial charge in [-0.15, -0.1) is 17.9 Å². The van der Waals surface area contributed by atoms with Crippen LogP contribution in [0.3, 0.4) is 0 Å². The second-order valence-electron chi connectivity index (χ2n) is 5.13. The smallest absolute Gasteiger partial charge is 0.254 e. The zero-order chi connectivity index (χ0) is 18.4. The molecule has 1 aromatic carbocycles. The van der Waals surface area contributed by atoms with E-state index in [-0.39, 0.29) is 22.1 Å². The van der Waals surface area contributed by atoms with E-state index in [9.17, 15) is 13.2 Å². The Kier molecular flexibility index (Phi) is 6.35. The Morgan fingerprint density at radius 1 is 1.40 bits per heavy atom. The number of thiophene rings is 1. The number of hydrogen-bond acceptors (Lipinski definition) is 5. The minimum atomic E-state index is -3.75. The second-order valence-corrected chi connectivity index (χ2v) is 8.01. The molecule has 2 aromatic rings. The Hall–Kier alpha value is -2.16. The lowest BCUT2D eigenvalue weighted by molar-refractivity contribution is 0.0764. The molecule has 1 aromatic heterocycles. The van der Waals surface area contributed by atoms with Crippen molar-refractivity contribution in [2.75, 3.05) is 20.7 Å². The summed E-state index contributed by atoms with van der Waals surface area (Å²) in [5.41, 5.74) is 0.271. The van der Waals surface area contributed by atoms with Crippen LogP contribution in [0.4, 0.5) is 0 Å². The maximum absolute atomic E-state index is 12.9. The van der Waals surface area contributed by atoms with Gasteiger partial charge in [-0.3, -0.25) is 4.79 Å². The van der Waals surface area contributed by atoms with Gasteiger partial charge in [0, 0.05) is 17.0 Å². The van der Waals surface area contributed by atoms with Crippen molar-refractivity contribution in [2.24, 2.45) is 0 Å². The standard InChI is InChI=1S/C17H20N2O4S2/c1-4-9-19(12-14-6-5-10-24-14)17(20)13-7-8-15(23-3)16(11-13)25(21,22)18-2/h4-8,10-11,18H,1,9,12H2,2-3H3. The number of rotatable bonds is 8. The summed E-state index contributed by atoms with van der Waals surface area (Å²) in [6.07, 6.45) is 1.64. The number of carbonyl (C=O) groups excluding carboxylic acids is 1. The van der Waals surface area contributed by atoms with Crippen molar-refractivity contribution in [3.63, 3.8) is 0 Å². The maximum Gasteiger partial charge on any atom is 0.254 e. The molecule has 0 fully saturated rings. The number of amides is 1. The summed E-state index contributed by atoms with van der Waals surface area (Å²) in [7, 11) is -1.06. The van der Waals surface area contributed by atoms with Gasteiger partial charge in [0.2, 0.25) is 10.0 Å². The Morgan fingerprint density at radius 3 is 2.72 bits per heavy atom. The van der Waals surface area contributed by atoms with Gasteiger partial charge >= 0.3 is 0 Å². The van der Waals surface area contributed by atoms with Crippen molar-refractivity contribution in [1.29, 1.82) is 0 Å². The molecule has 1 heterocycles. The van der Waals surface area contributed by atoms with Crippen molar-refractivity contribution < 1.29 is 17.9 Å². The van der Waals surface area contributed by atoms with Crippen LogP contribution in [0.1, 0.15) is 15.2 Å². The fourth-order valence-electron chi connectivity index (χ4n) is 2.28. The molecule has 0 aliphatic rings. The largest absolute Gasteiger partial charge is 0.495 e. The summed E-state index contributed by atoms with van der Waals surface area (Å²) in [5.74, 6) is -0.0945. The zero-order valence-corrected chi connectivity index (χ0v) is 15.7. The predicted octanol–water partition coefficient (Wildman–Crippen LogP) is 2.49. The number of hydrogen-bond donors (Lipinski definition) is 1. The molecular formula is C17H20N2O4S2. The number of nitrogens with one attached hydrogen (secondary N) is 1. The van der Waals surface area contributed by atoms with Crippen molar-refractivity contribution in [3.8, 4) is 5.75 Å². The highest BCUT2D eigenvalue weighted by Crippen LogP contribution is 2.25. The van der Waals surface area contributed by atoms with E-state index in [4.69, 9.17) is 4.74 Å². The van der Waals surface area contributed by atoms with Gasteiger partial charge in [0.15, 0.2) is 0 Å². The SMILES string of the molecule is C=CCN(Cc1cccs1)C(=O)c1ccc(OC)c(S(=O)(=O)NC)c1. The number of ether oxygens (including phenoxy) is 1. The molecule has 0 unspecified atom stereocenters. The third-order valence-electron chi connectivity index (χ3n) is 3.53. The van der Waals surface area contributed by atoms with E-state index in [0.717, 1.165) is 4.88 Å². The normalized spacial score (nSPS) is 11.1. The van der Waals surface area contributed by atoms with Gasteiger partial charge in [0.1, 0.15) is 10.6 Å². The first-order chi connectivity index (χ1) is 11.9. The van der Waals surface area contributed by atoms with Crippen LogP contribution in [0.15, 0.2) is 53.3 Å². The molecule has 0 atom stereocenters. The summed E-state index contributed by atoms with van der Waals surface area (Å²) >= 11 is 1.55. The van der Waals surface area contributed by atoms with Gasteiger partial charge in [-0.1, -0.05) is 12.1 Å². The Balaban J connectivity index is 2.39. The van der Waals surface area contributed by atoms with Crippen LogP contribution in [-0.4, -0.2) is 39.9 Å². The third-order valence-corrected chi connectivity index (χ3v) is 5.83. The first kappa shape index (κ1) is 19.2. The van der Waals surface area contributed by atoms with Crippen molar-refractivity contribution in [3.05, 3.63) is 58.8 Å². The average molecular weight is 380 g/mol. The molecule has 0 bridgehead atoms. The van der Waals surface area contributed by atoms with Crippen LogP contribution in [0.5, 0.6) is 5.75 Å². The number of carbonyl (C=O) groups is 1. The molecule has 134 valence electrons. The van der Waals surface area contributed by atoms with E-state index in [1.165, 1.54) is 26.3 Å². The average Bonchev–Trinajstić information content (AvgIpc) is 3.13. The van der Waals surface area contributed by atoms with E-state index in [1.54, 1.807) is 28.4 Å². The summed E-state index contributed by atoms with van der Waals surface area (Å²) < 4.78 is 31.7. The zero-order valence-electron chi connectivity index (χ0n) is 14.1. The lowest BCUT2D eigenvalue weighted by Crippen LogP contribution is -2.30. The molecule has 2 rings (SSSR count). The molecule has 0 aliphatic carbocycles. The number of methoxy groups -OCH3 is 1. The monoisotopic (exact) mass is 380 g/mol. The van der Waals surface area contributed by atoms with E-state index in [0.29, 0.717) is 13.1 Å². The fourth-order valence-corrected chi connectivity index (χ4v) is 3.92. The maximum atomic E-state index is 12.9. The van der Waals surface area contributed by atoms with Gasteiger partial charge in [-0.05, 0) is 36.7 Å². The molecule has 0 radical (unpaired) electrons.